The lowest BCUT2D eigenvalue weighted by molar-refractivity contribution is 0.0787. The van der Waals surface area contributed by atoms with Gasteiger partial charge in [-0.2, -0.15) is 0 Å². The van der Waals surface area contributed by atoms with Crippen LogP contribution in [0.25, 0.3) is 0 Å². The summed E-state index contributed by atoms with van der Waals surface area (Å²) in [4.78, 5) is 14.2. The fourth-order valence-electron chi connectivity index (χ4n) is 2.28. The van der Waals surface area contributed by atoms with E-state index < -0.39 is 0 Å². The van der Waals surface area contributed by atoms with Crippen LogP contribution in [-0.2, 0) is 0 Å². The lowest BCUT2D eigenvalue weighted by Crippen LogP contribution is -2.30. The van der Waals surface area contributed by atoms with Crippen molar-refractivity contribution in [2.45, 2.75) is 6.42 Å². The van der Waals surface area contributed by atoms with Gasteiger partial charge in [0, 0.05) is 22.2 Å². The number of amides is 1. The van der Waals surface area contributed by atoms with Gasteiger partial charge in [-0.15, -0.1) is 12.4 Å². The highest BCUT2D eigenvalue weighted by Crippen LogP contribution is 2.19. The first-order valence-electron chi connectivity index (χ1n) is 5.90. The SMILES string of the molecule is CNCC1CCN(C(=O)c2cccc(I)c2)C1.Cl. The fraction of sp³-hybridized carbons (Fsp3) is 0.462. The summed E-state index contributed by atoms with van der Waals surface area (Å²) in [5.41, 5.74) is 0.807. The Morgan fingerprint density at radius 1 is 1.56 bits per heavy atom. The molecule has 18 heavy (non-hydrogen) atoms. The predicted octanol–water partition coefficient (Wildman–Crippen LogP) is 2.39. The van der Waals surface area contributed by atoms with E-state index in [9.17, 15) is 4.79 Å². The quantitative estimate of drug-likeness (QED) is 0.817. The molecular formula is C13H18ClIN2O. The largest absolute Gasteiger partial charge is 0.338 e. The van der Waals surface area contributed by atoms with Crippen molar-refractivity contribution in [3.05, 3.63) is 33.4 Å². The molecule has 1 unspecified atom stereocenters. The van der Waals surface area contributed by atoms with E-state index >= 15 is 0 Å². The summed E-state index contributed by atoms with van der Waals surface area (Å²) in [5.74, 6) is 0.772. The number of carbonyl (C=O) groups is 1. The van der Waals surface area contributed by atoms with Crippen molar-refractivity contribution in [1.82, 2.24) is 10.2 Å². The summed E-state index contributed by atoms with van der Waals surface area (Å²) in [7, 11) is 1.96. The van der Waals surface area contributed by atoms with E-state index in [1.807, 2.05) is 36.2 Å². The Morgan fingerprint density at radius 3 is 3.00 bits per heavy atom. The number of likely N-dealkylation sites (tertiary alicyclic amines) is 1. The smallest absolute Gasteiger partial charge is 0.253 e. The van der Waals surface area contributed by atoms with Gasteiger partial charge in [-0.05, 0) is 66.7 Å². The molecule has 1 heterocycles. The van der Waals surface area contributed by atoms with Gasteiger partial charge in [0.15, 0.2) is 0 Å². The van der Waals surface area contributed by atoms with E-state index in [1.54, 1.807) is 0 Å². The van der Waals surface area contributed by atoms with Crippen LogP contribution in [0.3, 0.4) is 0 Å². The molecular weight excluding hydrogens is 363 g/mol. The number of halogens is 2. The average Bonchev–Trinajstić information content (AvgIpc) is 2.77. The third kappa shape index (κ3) is 3.83. The molecule has 1 aliphatic heterocycles. The topological polar surface area (TPSA) is 32.3 Å². The van der Waals surface area contributed by atoms with Crippen molar-refractivity contribution in [2.24, 2.45) is 5.92 Å². The van der Waals surface area contributed by atoms with E-state index in [2.05, 4.69) is 27.9 Å². The van der Waals surface area contributed by atoms with E-state index in [0.29, 0.717) is 5.92 Å². The lowest BCUT2D eigenvalue weighted by Gasteiger charge is -2.16. The van der Waals surface area contributed by atoms with Crippen molar-refractivity contribution in [3.63, 3.8) is 0 Å². The molecule has 1 amide bonds. The minimum absolute atomic E-state index is 0. The maximum absolute atomic E-state index is 12.3. The summed E-state index contributed by atoms with van der Waals surface area (Å²) in [6.07, 6.45) is 1.11. The van der Waals surface area contributed by atoms with Crippen molar-refractivity contribution < 1.29 is 4.79 Å². The standard InChI is InChI=1S/C13H17IN2O.ClH/c1-15-8-10-5-6-16(9-10)13(17)11-3-2-4-12(14)7-11;/h2-4,7,10,15H,5-6,8-9H2,1H3;1H. The van der Waals surface area contributed by atoms with Crippen LogP contribution < -0.4 is 5.32 Å². The van der Waals surface area contributed by atoms with Gasteiger partial charge < -0.3 is 10.2 Å². The molecule has 0 spiro atoms. The molecule has 0 aromatic heterocycles. The number of carbonyl (C=O) groups excluding carboxylic acids is 1. The van der Waals surface area contributed by atoms with Crippen LogP contribution in [0, 0.1) is 9.49 Å². The first kappa shape index (κ1) is 15.7. The molecule has 1 aliphatic rings. The van der Waals surface area contributed by atoms with Crippen LogP contribution in [-0.4, -0.2) is 37.5 Å². The minimum atomic E-state index is 0. The molecule has 0 saturated carbocycles. The molecule has 0 aliphatic carbocycles. The number of hydrogen-bond donors (Lipinski definition) is 1. The summed E-state index contributed by atoms with van der Waals surface area (Å²) in [6, 6.07) is 7.80. The zero-order valence-corrected chi connectivity index (χ0v) is 13.3. The Balaban J connectivity index is 0.00000162. The van der Waals surface area contributed by atoms with Crippen molar-refractivity contribution in [1.29, 1.82) is 0 Å². The summed E-state index contributed by atoms with van der Waals surface area (Å²) in [5, 5.41) is 3.18. The third-order valence-corrected chi connectivity index (χ3v) is 3.81. The van der Waals surface area contributed by atoms with E-state index in [0.717, 1.165) is 35.2 Å². The highest BCUT2D eigenvalue weighted by atomic mass is 127. The van der Waals surface area contributed by atoms with Crippen molar-refractivity contribution in [3.8, 4) is 0 Å². The number of benzene rings is 1. The molecule has 0 bridgehead atoms. The Hall–Kier alpha value is -0.330. The number of rotatable bonds is 3. The fourth-order valence-corrected chi connectivity index (χ4v) is 2.82. The van der Waals surface area contributed by atoms with Crippen LogP contribution in [0.4, 0.5) is 0 Å². The van der Waals surface area contributed by atoms with Gasteiger partial charge in [-0.3, -0.25) is 4.79 Å². The van der Waals surface area contributed by atoms with Gasteiger partial charge in [0.2, 0.25) is 0 Å². The average molecular weight is 381 g/mol. The Bertz CT molecular complexity index is 414. The highest BCUT2D eigenvalue weighted by molar-refractivity contribution is 14.1. The summed E-state index contributed by atoms with van der Waals surface area (Å²) >= 11 is 2.24. The molecule has 1 saturated heterocycles. The maximum atomic E-state index is 12.3. The van der Waals surface area contributed by atoms with Gasteiger partial charge in [-0.1, -0.05) is 6.07 Å². The molecule has 1 N–H and O–H groups in total. The molecule has 5 heteroatoms. The van der Waals surface area contributed by atoms with E-state index in [1.165, 1.54) is 0 Å². The van der Waals surface area contributed by atoms with Crippen molar-refractivity contribution in [2.75, 3.05) is 26.7 Å². The van der Waals surface area contributed by atoms with Crippen LogP contribution in [0.2, 0.25) is 0 Å². The maximum Gasteiger partial charge on any atom is 0.253 e. The van der Waals surface area contributed by atoms with E-state index in [4.69, 9.17) is 0 Å². The third-order valence-electron chi connectivity index (χ3n) is 3.14. The van der Waals surface area contributed by atoms with Gasteiger partial charge >= 0.3 is 0 Å². The molecule has 0 radical (unpaired) electrons. The first-order valence-corrected chi connectivity index (χ1v) is 6.98. The molecule has 100 valence electrons. The Morgan fingerprint density at radius 2 is 2.33 bits per heavy atom. The second kappa shape index (κ2) is 7.31. The predicted molar refractivity (Wildman–Crippen MR) is 84.3 cm³/mol. The number of nitrogens with zero attached hydrogens (tertiary/aromatic N) is 1. The Kier molecular flexibility index (Phi) is 6.38. The van der Waals surface area contributed by atoms with Gasteiger partial charge in [-0.25, -0.2) is 0 Å². The second-order valence-corrected chi connectivity index (χ2v) is 5.72. The second-order valence-electron chi connectivity index (χ2n) is 4.47. The van der Waals surface area contributed by atoms with Gasteiger partial charge in [0.1, 0.15) is 0 Å². The number of hydrogen-bond acceptors (Lipinski definition) is 2. The zero-order valence-electron chi connectivity index (χ0n) is 10.4. The first-order chi connectivity index (χ1) is 8.20. The molecule has 2 rings (SSSR count). The van der Waals surface area contributed by atoms with Crippen LogP contribution in [0.1, 0.15) is 16.8 Å². The van der Waals surface area contributed by atoms with Gasteiger partial charge in [0.05, 0.1) is 0 Å². The van der Waals surface area contributed by atoms with Crippen LogP contribution >= 0.6 is 35.0 Å². The lowest BCUT2D eigenvalue weighted by atomic mass is 10.1. The van der Waals surface area contributed by atoms with Crippen LogP contribution in [0.5, 0.6) is 0 Å². The summed E-state index contributed by atoms with van der Waals surface area (Å²) < 4.78 is 1.11. The minimum Gasteiger partial charge on any atom is -0.338 e. The molecule has 1 aromatic rings. The molecule has 1 atom stereocenters. The molecule has 3 nitrogen and oxygen atoms in total. The normalized spacial score (nSPS) is 18.6. The molecule has 1 aromatic carbocycles. The van der Waals surface area contributed by atoms with Gasteiger partial charge in [0.25, 0.3) is 5.91 Å². The monoisotopic (exact) mass is 380 g/mol. The molecule has 1 fully saturated rings. The highest BCUT2D eigenvalue weighted by Gasteiger charge is 2.26. The Labute approximate surface area is 128 Å². The number of nitrogens with one attached hydrogen (secondary N) is 1. The van der Waals surface area contributed by atoms with Crippen LogP contribution in [0.15, 0.2) is 24.3 Å². The summed E-state index contributed by atoms with van der Waals surface area (Å²) in [6.45, 7) is 2.76. The van der Waals surface area contributed by atoms with Crippen molar-refractivity contribution >= 4 is 40.9 Å². The zero-order chi connectivity index (χ0) is 12.3. The van der Waals surface area contributed by atoms with E-state index in [-0.39, 0.29) is 18.3 Å².